The number of benzene rings is 1. The van der Waals surface area contributed by atoms with Gasteiger partial charge in [0.1, 0.15) is 5.75 Å². The van der Waals surface area contributed by atoms with E-state index >= 15 is 0 Å². The number of halogens is 2. The average Bonchev–Trinajstić information content (AvgIpc) is 2.18. The summed E-state index contributed by atoms with van der Waals surface area (Å²) in [6.07, 6.45) is 5.17. The van der Waals surface area contributed by atoms with Crippen LogP contribution in [0.2, 0.25) is 5.02 Å². The standard InChI is InChI=1S/C11H12BrClO/c1-14-11-6-5-9(8-10(11)13)4-2-3-7-12/h2,4-6,8H,3,7H2,1H3/b4-2+. The van der Waals surface area contributed by atoms with Gasteiger partial charge in [-0.05, 0) is 24.1 Å². The maximum Gasteiger partial charge on any atom is 0.137 e. The normalized spacial score (nSPS) is 10.8. The second kappa shape index (κ2) is 6.10. The van der Waals surface area contributed by atoms with Crippen molar-refractivity contribution in [3.63, 3.8) is 0 Å². The lowest BCUT2D eigenvalue weighted by molar-refractivity contribution is 0.415. The number of hydrogen-bond acceptors (Lipinski definition) is 1. The molecule has 3 heteroatoms. The predicted molar refractivity (Wildman–Crippen MR) is 65.4 cm³/mol. The minimum Gasteiger partial charge on any atom is -0.495 e. The van der Waals surface area contributed by atoms with Crippen LogP contribution in [0.15, 0.2) is 24.3 Å². The van der Waals surface area contributed by atoms with E-state index in [4.69, 9.17) is 16.3 Å². The van der Waals surface area contributed by atoms with Gasteiger partial charge >= 0.3 is 0 Å². The van der Waals surface area contributed by atoms with E-state index in [9.17, 15) is 0 Å². The highest BCUT2D eigenvalue weighted by Crippen LogP contribution is 2.25. The minimum absolute atomic E-state index is 0.647. The Balaban J connectivity index is 2.76. The van der Waals surface area contributed by atoms with Gasteiger partial charge < -0.3 is 4.74 Å². The molecule has 0 radical (unpaired) electrons. The fourth-order valence-corrected chi connectivity index (χ4v) is 1.60. The molecule has 0 saturated carbocycles. The van der Waals surface area contributed by atoms with Crippen molar-refractivity contribution in [2.24, 2.45) is 0 Å². The molecule has 0 amide bonds. The molecule has 0 aliphatic carbocycles. The highest BCUT2D eigenvalue weighted by molar-refractivity contribution is 9.09. The van der Waals surface area contributed by atoms with Gasteiger partial charge in [0.15, 0.2) is 0 Å². The molecule has 0 aliphatic heterocycles. The highest BCUT2D eigenvalue weighted by Gasteiger charge is 1.98. The summed E-state index contributed by atoms with van der Waals surface area (Å²) in [5, 5.41) is 1.63. The monoisotopic (exact) mass is 274 g/mol. The topological polar surface area (TPSA) is 9.23 Å². The number of ether oxygens (including phenoxy) is 1. The molecule has 0 aromatic heterocycles. The molecule has 1 aromatic carbocycles. The van der Waals surface area contributed by atoms with Crippen molar-refractivity contribution < 1.29 is 4.74 Å². The molecule has 0 N–H and O–H groups in total. The minimum atomic E-state index is 0.647. The number of methoxy groups -OCH3 is 1. The first-order chi connectivity index (χ1) is 6.77. The van der Waals surface area contributed by atoms with Gasteiger partial charge in [-0.1, -0.05) is 45.7 Å². The number of allylic oxidation sites excluding steroid dienone is 1. The first-order valence-electron chi connectivity index (χ1n) is 4.34. The van der Waals surface area contributed by atoms with Crippen molar-refractivity contribution in [1.29, 1.82) is 0 Å². The quantitative estimate of drug-likeness (QED) is 0.750. The van der Waals surface area contributed by atoms with Crippen LogP contribution in [0.3, 0.4) is 0 Å². The van der Waals surface area contributed by atoms with Crippen LogP contribution in [0.5, 0.6) is 5.75 Å². The van der Waals surface area contributed by atoms with Gasteiger partial charge in [0.05, 0.1) is 12.1 Å². The van der Waals surface area contributed by atoms with Crippen LogP contribution >= 0.6 is 27.5 Å². The van der Waals surface area contributed by atoms with E-state index in [-0.39, 0.29) is 0 Å². The van der Waals surface area contributed by atoms with Gasteiger partial charge in [-0.15, -0.1) is 0 Å². The fourth-order valence-electron chi connectivity index (χ4n) is 1.07. The Kier molecular flexibility index (Phi) is 5.05. The molecular formula is C11H12BrClO. The zero-order valence-corrected chi connectivity index (χ0v) is 10.3. The SMILES string of the molecule is COc1ccc(/C=C/CCBr)cc1Cl. The van der Waals surface area contributed by atoms with Crippen molar-refractivity contribution in [3.05, 3.63) is 34.9 Å². The molecule has 0 unspecified atom stereocenters. The van der Waals surface area contributed by atoms with Crippen molar-refractivity contribution >= 4 is 33.6 Å². The third-order valence-corrected chi connectivity index (χ3v) is 2.52. The highest BCUT2D eigenvalue weighted by atomic mass is 79.9. The Bertz CT molecular complexity index is 323. The molecule has 14 heavy (non-hydrogen) atoms. The van der Waals surface area contributed by atoms with Crippen LogP contribution in [0.25, 0.3) is 6.08 Å². The maximum absolute atomic E-state index is 5.97. The fraction of sp³-hybridized carbons (Fsp3) is 0.273. The molecule has 0 spiro atoms. The van der Waals surface area contributed by atoms with Crippen LogP contribution in [0.4, 0.5) is 0 Å². The number of hydrogen-bond donors (Lipinski definition) is 0. The molecule has 0 fully saturated rings. The van der Waals surface area contributed by atoms with Gasteiger partial charge in [-0.25, -0.2) is 0 Å². The van der Waals surface area contributed by atoms with E-state index < -0.39 is 0 Å². The number of rotatable bonds is 4. The third-order valence-electron chi connectivity index (χ3n) is 1.76. The van der Waals surface area contributed by atoms with Crippen molar-refractivity contribution in [3.8, 4) is 5.75 Å². The van der Waals surface area contributed by atoms with E-state index in [1.54, 1.807) is 7.11 Å². The van der Waals surface area contributed by atoms with Crippen LogP contribution in [0, 0.1) is 0 Å². The Morgan fingerprint density at radius 2 is 2.29 bits per heavy atom. The van der Waals surface area contributed by atoms with Crippen molar-refractivity contribution in [2.75, 3.05) is 12.4 Å². The summed E-state index contributed by atoms with van der Waals surface area (Å²) >= 11 is 9.34. The van der Waals surface area contributed by atoms with Gasteiger partial charge in [0.25, 0.3) is 0 Å². The smallest absolute Gasteiger partial charge is 0.137 e. The van der Waals surface area contributed by atoms with Crippen molar-refractivity contribution in [1.82, 2.24) is 0 Å². The van der Waals surface area contributed by atoms with E-state index in [2.05, 4.69) is 22.0 Å². The third kappa shape index (κ3) is 3.35. The van der Waals surface area contributed by atoms with Gasteiger partial charge in [-0.2, -0.15) is 0 Å². The largest absolute Gasteiger partial charge is 0.495 e. The van der Waals surface area contributed by atoms with E-state index in [0.29, 0.717) is 10.8 Å². The molecule has 1 aromatic rings. The summed E-state index contributed by atoms with van der Waals surface area (Å²) in [7, 11) is 1.61. The van der Waals surface area contributed by atoms with Gasteiger partial charge in [0.2, 0.25) is 0 Å². The Hall–Kier alpha value is -0.470. The van der Waals surface area contributed by atoms with Crippen LogP contribution in [-0.2, 0) is 0 Å². The van der Waals surface area contributed by atoms with E-state index in [1.807, 2.05) is 24.3 Å². The lowest BCUT2D eigenvalue weighted by Gasteiger charge is -2.02. The van der Waals surface area contributed by atoms with Crippen LogP contribution in [0.1, 0.15) is 12.0 Å². The lowest BCUT2D eigenvalue weighted by atomic mass is 10.2. The summed E-state index contributed by atoms with van der Waals surface area (Å²) in [5.74, 6) is 0.712. The van der Waals surface area contributed by atoms with Crippen LogP contribution in [-0.4, -0.2) is 12.4 Å². The first-order valence-corrected chi connectivity index (χ1v) is 5.84. The molecule has 76 valence electrons. The average molecular weight is 276 g/mol. The summed E-state index contributed by atoms with van der Waals surface area (Å²) in [6, 6.07) is 5.75. The molecule has 0 saturated heterocycles. The summed E-state index contributed by atoms with van der Waals surface area (Å²) in [5.41, 5.74) is 1.09. The molecule has 1 nitrogen and oxygen atoms in total. The van der Waals surface area contributed by atoms with Crippen molar-refractivity contribution in [2.45, 2.75) is 6.42 Å². The van der Waals surface area contributed by atoms with Gasteiger partial charge in [-0.3, -0.25) is 0 Å². The lowest BCUT2D eigenvalue weighted by Crippen LogP contribution is -1.84. The van der Waals surface area contributed by atoms with Crippen LogP contribution < -0.4 is 4.74 Å². The second-order valence-electron chi connectivity index (χ2n) is 2.77. The Morgan fingerprint density at radius 1 is 1.50 bits per heavy atom. The molecular weight excluding hydrogens is 263 g/mol. The number of alkyl halides is 1. The second-order valence-corrected chi connectivity index (χ2v) is 3.97. The molecule has 0 heterocycles. The van der Waals surface area contributed by atoms with Gasteiger partial charge in [0, 0.05) is 5.33 Å². The molecule has 0 bridgehead atoms. The predicted octanol–water partition coefficient (Wildman–Crippen LogP) is 4.15. The summed E-state index contributed by atoms with van der Waals surface area (Å²) < 4.78 is 5.06. The zero-order chi connectivity index (χ0) is 10.4. The molecule has 0 aliphatic rings. The zero-order valence-electron chi connectivity index (χ0n) is 7.97. The summed E-state index contributed by atoms with van der Waals surface area (Å²) in [4.78, 5) is 0. The first kappa shape index (κ1) is 11.6. The molecule has 1 rings (SSSR count). The maximum atomic E-state index is 5.97. The van der Waals surface area contributed by atoms with E-state index in [0.717, 1.165) is 17.3 Å². The Labute approximate surface area is 97.9 Å². The molecule has 0 atom stereocenters. The summed E-state index contributed by atoms with van der Waals surface area (Å²) in [6.45, 7) is 0. The Morgan fingerprint density at radius 3 is 2.86 bits per heavy atom. The van der Waals surface area contributed by atoms with E-state index in [1.165, 1.54) is 0 Å².